The predicted molar refractivity (Wildman–Crippen MR) is 98.5 cm³/mol. The van der Waals surface area contributed by atoms with Gasteiger partial charge in [0.25, 0.3) is 5.56 Å². The van der Waals surface area contributed by atoms with Gasteiger partial charge in [0.05, 0.1) is 11.5 Å². The van der Waals surface area contributed by atoms with Gasteiger partial charge in [0.1, 0.15) is 0 Å². The van der Waals surface area contributed by atoms with Crippen molar-refractivity contribution in [2.24, 2.45) is 0 Å². The number of aromatic nitrogens is 2. The van der Waals surface area contributed by atoms with Gasteiger partial charge in [-0.25, -0.2) is 4.79 Å². The maximum atomic E-state index is 11.7. The van der Waals surface area contributed by atoms with Crippen LogP contribution in [0.2, 0.25) is 0 Å². The standard InChI is InChI=1S/C15H18N4O2S.ClH/c1-10-8-19(15(21)18-14(10)20)9-13(22)17-7-6-11-2-4-12(16)5-3-11;/h2-5,8H,6-7,9,16H2,1H3,(H,17,22)(H,18,20,21);1H. The number of halogens is 1. The molecule has 0 saturated carbocycles. The highest BCUT2D eigenvalue weighted by Gasteiger charge is 2.03. The molecule has 0 atom stereocenters. The van der Waals surface area contributed by atoms with Crippen LogP contribution in [-0.2, 0) is 13.0 Å². The monoisotopic (exact) mass is 354 g/mol. The predicted octanol–water partition coefficient (Wildman–Crippen LogP) is 1.01. The van der Waals surface area contributed by atoms with Gasteiger partial charge in [0, 0.05) is 24.0 Å². The molecule has 0 bridgehead atoms. The summed E-state index contributed by atoms with van der Waals surface area (Å²) >= 11 is 5.23. The van der Waals surface area contributed by atoms with Crippen LogP contribution in [0.5, 0.6) is 0 Å². The Kier molecular flexibility index (Phi) is 6.99. The minimum atomic E-state index is -0.460. The van der Waals surface area contributed by atoms with E-state index in [2.05, 4.69) is 10.3 Å². The quantitative estimate of drug-likeness (QED) is 0.550. The van der Waals surface area contributed by atoms with Crippen LogP contribution in [0.3, 0.4) is 0 Å². The number of rotatable bonds is 5. The molecule has 0 aliphatic rings. The minimum absolute atomic E-state index is 0. The van der Waals surface area contributed by atoms with Gasteiger partial charge in [-0.3, -0.25) is 14.3 Å². The molecule has 0 aliphatic carbocycles. The first-order valence-electron chi connectivity index (χ1n) is 6.87. The summed E-state index contributed by atoms with van der Waals surface area (Å²) in [7, 11) is 0. The third-order valence-corrected chi connectivity index (χ3v) is 3.49. The number of nitrogens with one attached hydrogen (secondary N) is 2. The van der Waals surface area contributed by atoms with Crippen molar-refractivity contribution < 1.29 is 0 Å². The zero-order chi connectivity index (χ0) is 16.1. The molecule has 2 rings (SSSR count). The number of aryl methyl sites for hydroxylation is 1. The minimum Gasteiger partial charge on any atom is -0.399 e. The van der Waals surface area contributed by atoms with Crippen molar-refractivity contribution in [1.29, 1.82) is 0 Å². The number of hydrogen-bond acceptors (Lipinski definition) is 4. The summed E-state index contributed by atoms with van der Waals surface area (Å²) in [6.07, 6.45) is 2.31. The van der Waals surface area contributed by atoms with Gasteiger partial charge in [-0.2, -0.15) is 0 Å². The number of anilines is 1. The Hall–Kier alpha value is -2.12. The van der Waals surface area contributed by atoms with E-state index in [0.717, 1.165) is 17.7 Å². The van der Waals surface area contributed by atoms with Crippen molar-refractivity contribution in [2.45, 2.75) is 19.9 Å². The van der Waals surface area contributed by atoms with Crippen LogP contribution in [0.25, 0.3) is 0 Å². The second-order valence-electron chi connectivity index (χ2n) is 5.04. The second-order valence-corrected chi connectivity index (χ2v) is 5.53. The highest BCUT2D eigenvalue weighted by Crippen LogP contribution is 2.05. The van der Waals surface area contributed by atoms with Crippen LogP contribution in [0, 0.1) is 6.92 Å². The Bertz CT molecular complexity index is 783. The number of nitrogen functional groups attached to an aromatic ring is 1. The molecule has 1 aromatic heterocycles. The zero-order valence-electron chi connectivity index (χ0n) is 12.7. The van der Waals surface area contributed by atoms with Gasteiger partial charge in [0.15, 0.2) is 0 Å². The number of benzene rings is 1. The lowest BCUT2D eigenvalue weighted by atomic mass is 10.1. The number of H-pyrrole nitrogens is 1. The van der Waals surface area contributed by atoms with E-state index in [0.29, 0.717) is 17.1 Å². The molecular formula is C15H19ClN4O2S. The topological polar surface area (TPSA) is 92.9 Å². The van der Waals surface area contributed by atoms with Crippen LogP contribution in [0.4, 0.5) is 5.69 Å². The first kappa shape index (κ1) is 18.9. The molecule has 0 spiro atoms. The smallest absolute Gasteiger partial charge is 0.328 e. The normalized spacial score (nSPS) is 9.96. The molecule has 4 N–H and O–H groups in total. The third-order valence-electron chi connectivity index (χ3n) is 3.22. The van der Waals surface area contributed by atoms with Gasteiger partial charge in [-0.15, -0.1) is 12.4 Å². The molecule has 1 aromatic carbocycles. The molecule has 6 nitrogen and oxygen atoms in total. The summed E-state index contributed by atoms with van der Waals surface area (Å²) in [5, 5.41) is 3.10. The lowest BCUT2D eigenvalue weighted by Gasteiger charge is -2.10. The molecule has 0 saturated heterocycles. The van der Waals surface area contributed by atoms with Crippen LogP contribution < -0.4 is 22.3 Å². The number of hydrogen-bond donors (Lipinski definition) is 3. The Morgan fingerprint density at radius 1 is 1.30 bits per heavy atom. The fourth-order valence-electron chi connectivity index (χ4n) is 1.98. The van der Waals surface area contributed by atoms with Gasteiger partial charge in [-0.1, -0.05) is 24.4 Å². The highest BCUT2D eigenvalue weighted by atomic mass is 35.5. The van der Waals surface area contributed by atoms with Crippen molar-refractivity contribution in [3.63, 3.8) is 0 Å². The second kappa shape index (κ2) is 8.50. The number of nitrogens with zero attached hydrogens (tertiary/aromatic N) is 1. The van der Waals surface area contributed by atoms with Crippen molar-refractivity contribution >= 4 is 35.3 Å². The largest absolute Gasteiger partial charge is 0.399 e. The van der Waals surface area contributed by atoms with Crippen molar-refractivity contribution in [3.8, 4) is 0 Å². The molecule has 8 heteroatoms. The van der Waals surface area contributed by atoms with Gasteiger partial charge in [-0.05, 0) is 31.0 Å². The summed E-state index contributed by atoms with van der Waals surface area (Å²) in [6, 6.07) is 7.65. The van der Waals surface area contributed by atoms with Crippen molar-refractivity contribution in [1.82, 2.24) is 14.9 Å². The molecule has 1 heterocycles. The first-order valence-corrected chi connectivity index (χ1v) is 7.28. The Labute approximate surface area is 145 Å². The average molecular weight is 355 g/mol. The van der Waals surface area contributed by atoms with E-state index in [1.807, 2.05) is 24.3 Å². The fourth-order valence-corrected chi connectivity index (χ4v) is 2.22. The summed E-state index contributed by atoms with van der Waals surface area (Å²) in [6.45, 7) is 2.56. The van der Waals surface area contributed by atoms with Crippen LogP contribution in [0.1, 0.15) is 11.1 Å². The molecule has 0 aliphatic heterocycles. The Balaban J connectivity index is 0.00000264. The number of thiocarbonyl (C=S) groups is 1. The molecule has 23 heavy (non-hydrogen) atoms. The molecule has 124 valence electrons. The highest BCUT2D eigenvalue weighted by molar-refractivity contribution is 7.80. The first-order chi connectivity index (χ1) is 10.5. The number of nitrogens with two attached hydrogens (primary N) is 1. The van der Waals surface area contributed by atoms with E-state index in [-0.39, 0.29) is 24.5 Å². The SMILES string of the molecule is Cc1cn(CC(=S)NCCc2ccc(N)cc2)c(=O)[nH]c1=O.Cl. The Morgan fingerprint density at radius 3 is 2.61 bits per heavy atom. The zero-order valence-corrected chi connectivity index (χ0v) is 14.3. The van der Waals surface area contributed by atoms with E-state index >= 15 is 0 Å². The fraction of sp³-hybridized carbons (Fsp3) is 0.267. The van der Waals surface area contributed by atoms with Crippen LogP contribution >= 0.6 is 24.6 Å². The maximum Gasteiger partial charge on any atom is 0.328 e. The van der Waals surface area contributed by atoms with Crippen LogP contribution in [-0.4, -0.2) is 21.1 Å². The van der Waals surface area contributed by atoms with E-state index in [1.54, 1.807) is 6.92 Å². The average Bonchev–Trinajstić information content (AvgIpc) is 2.47. The third kappa shape index (κ3) is 5.54. The van der Waals surface area contributed by atoms with Gasteiger partial charge < -0.3 is 11.1 Å². The van der Waals surface area contributed by atoms with E-state index in [4.69, 9.17) is 18.0 Å². The molecule has 2 aromatic rings. The molecule has 0 radical (unpaired) electrons. The summed E-state index contributed by atoms with van der Waals surface area (Å²) < 4.78 is 1.38. The molecular weight excluding hydrogens is 336 g/mol. The summed E-state index contributed by atoms with van der Waals surface area (Å²) in [5.41, 5.74) is 7.17. The van der Waals surface area contributed by atoms with E-state index in [9.17, 15) is 9.59 Å². The van der Waals surface area contributed by atoms with Crippen molar-refractivity contribution in [3.05, 3.63) is 62.4 Å². The van der Waals surface area contributed by atoms with Gasteiger partial charge in [0.2, 0.25) is 0 Å². The summed E-state index contributed by atoms with van der Waals surface area (Å²) in [4.78, 5) is 25.8. The number of aromatic amines is 1. The molecule has 0 amide bonds. The van der Waals surface area contributed by atoms with E-state index in [1.165, 1.54) is 10.8 Å². The summed E-state index contributed by atoms with van der Waals surface area (Å²) in [5.74, 6) is 0. The molecule has 0 fully saturated rings. The lowest BCUT2D eigenvalue weighted by molar-refractivity contribution is 0.731. The van der Waals surface area contributed by atoms with Crippen molar-refractivity contribution in [2.75, 3.05) is 12.3 Å². The molecule has 0 unspecified atom stereocenters. The van der Waals surface area contributed by atoms with E-state index < -0.39 is 5.69 Å². The van der Waals surface area contributed by atoms with Gasteiger partial charge >= 0.3 is 5.69 Å². The lowest BCUT2D eigenvalue weighted by Crippen LogP contribution is -2.36. The van der Waals surface area contributed by atoms with Crippen LogP contribution in [0.15, 0.2) is 40.1 Å². The Morgan fingerprint density at radius 2 is 1.96 bits per heavy atom. The maximum absolute atomic E-state index is 11.7.